The van der Waals surface area contributed by atoms with Crippen molar-refractivity contribution in [3.8, 4) is 11.6 Å². The van der Waals surface area contributed by atoms with Crippen molar-refractivity contribution in [2.24, 2.45) is 0 Å². The molecule has 2 aromatic rings. The second-order valence-electron chi connectivity index (χ2n) is 4.00. The van der Waals surface area contributed by atoms with E-state index in [9.17, 15) is 0 Å². The van der Waals surface area contributed by atoms with Gasteiger partial charge in [-0.05, 0) is 24.1 Å². The molecule has 0 amide bonds. The number of nitrogens with zero attached hydrogens (tertiary/aromatic N) is 2. The molecule has 19 heavy (non-hydrogen) atoms. The summed E-state index contributed by atoms with van der Waals surface area (Å²) in [7, 11) is 1.68. The van der Waals surface area contributed by atoms with Crippen LogP contribution in [0.25, 0.3) is 0 Å². The molecule has 0 radical (unpaired) electrons. The topological polar surface area (TPSA) is 64.5 Å². The Hall–Kier alpha value is -1.98. The smallest absolute Gasteiger partial charge is 0.238 e. The molecule has 0 aliphatic heterocycles. The van der Waals surface area contributed by atoms with Gasteiger partial charge < -0.3 is 14.6 Å². The van der Waals surface area contributed by atoms with Crippen LogP contribution in [0.1, 0.15) is 11.3 Å². The van der Waals surface area contributed by atoms with E-state index in [1.807, 2.05) is 24.3 Å². The van der Waals surface area contributed by atoms with Gasteiger partial charge in [-0.15, -0.1) is 0 Å². The number of hydrogen-bond donors (Lipinski definition) is 1. The molecule has 0 bridgehead atoms. The first-order valence-corrected chi connectivity index (χ1v) is 5.99. The summed E-state index contributed by atoms with van der Waals surface area (Å²) < 4.78 is 10.6. The third-order valence-corrected chi connectivity index (χ3v) is 2.56. The zero-order chi connectivity index (χ0) is 13.5. The largest absolute Gasteiger partial charge is 0.437 e. The molecule has 0 fully saturated rings. The van der Waals surface area contributed by atoms with Crippen molar-refractivity contribution in [3.05, 3.63) is 47.9 Å². The maximum absolute atomic E-state index is 8.98. The van der Waals surface area contributed by atoms with Crippen LogP contribution in [0.2, 0.25) is 0 Å². The van der Waals surface area contributed by atoms with E-state index >= 15 is 0 Å². The Morgan fingerprint density at radius 1 is 1.16 bits per heavy atom. The van der Waals surface area contributed by atoms with Gasteiger partial charge >= 0.3 is 0 Å². The number of aromatic nitrogens is 2. The van der Waals surface area contributed by atoms with Gasteiger partial charge in [0.15, 0.2) is 0 Å². The highest BCUT2D eigenvalue weighted by atomic mass is 16.5. The second-order valence-corrected chi connectivity index (χ2v) is 4.00. The highest BCUT2D eigenvalue weighted by molar-refractivity contribution is 5.30. The van der Waals surface area contributed by atoms with Gasteiger partial charge in [0.25, 0.3) is 0 Å². The minimum atomic E-state index is -0.153. The quantitative estimate of drug-likeness (QED) is 0.860. The lowest BCUT2D eigenvalue weighted by molar-refractivity contribution is 0.202. The Morgan fingerprint density at radius 3 is 2.63 bits per heavy atom. The minimum Gasteiger partial charge on any atom is -0.437 e. The van der Waals surface area contributed by atoms with Crippen LogP contribution in [0, 0.1) is 0 Å². The van der Waals surface area contributed by atoms with E-state index in [1.54, 1.807) is 7.11 Å². The van der Waals surface area contributed by atoms with Crippen molar-refractivity contribution in [2.45, 2.75) is 13.0 Å². The van der Waals surface area contributed by atoms with E-state index in [0.29, 0.717) is 23.9 Å². The molecule has 0 aliphatic carbocycles. The number of aliphatic hydroxyl groups excluding tert-OH is 1. The number of methoxy groups -OCH3 is 1. The number of hydrogen-bond acceptors (Lipinski definition) is 5. The summed E-state index contributed by atoms with van der Waals surface area (Å²) in [6, 6.07) is 7.71. The maximum Gasteiger partial charge on any atom is 0.238 e. The summed E-state index contributed by atoms with van der Waals surface area (Å²) in [5, 5.41) is 8.98. The summed E-state index contributed by atoms with van der Waals surface area (Å²) in [6.45, 7) is 0.546. The van der Waals surface area contributed by atoms with Crippen molar-refractivity contribution in [3.63, 3.8) is 0 Å². The average molecular weight is 260 g/mol. The van der Waals surface area contributed by atoms with Gasteiger partial charge in [0, 0.05) is 7.11 Å². The van der Waals surface area contributed by atoms with Crippen LogP contribution >= 0.6 is 0 Å². The van der Waals surface area contributed by atoms with E-state index in [2.05, 4.69) is 9.97 Å². The molecule has 5 nitrogen and oxygen atoms in total. The third kappa shape index (κ3) is 4.01. The fourth-order valence-electron chi connectivity index (χ4n) is 1.58. The minimum absolute atomic E-state index is 0.153. The van der Waals surface area contributed by atoms with E-state index in [4.69, 9.17) is 14.6 Å². The van der Waals surface area contributed by atoms with Crippen LogP contribution in [0.5, 0.6) is 11.6 Å². The highest BCUT2D eigenvalue weighted by Gasteiger charge is 2.01. The van der Waals surface area contributed by atoms with Gasteiger partial charge in [-0.3, -0.25) is 4.98 Å². The fraction of sp³-hybridized carbons (Fsp3) is 0.286. The average Bonchev–Trinajstić information content (AvgIpc) is 2.47. The Bertz CT molecular complexity index is 514. The van der Waals surface area contributed by atoms with Gasteiger partial charge in [-0.1, -0.05) is 12.1 Å². The molecule has 0 spiro atoms. The van der Waals surface area contributed by atoms with Crippen LogP contribution in [-0.2, 0) is 17.8 Å². The SMILES string of the molecule is COCCc1ccc(Oc2cncc(CO)n2)cc1. The van der Waals surface area contributed by atoms with Crippen LogP contribution < -0.4 is 4.74 Å². The van der Waals surface area contributed by atoms with E-state index in [0.717, 1.165) is 6.42 Å². The Kier molecular flexibility index (Phi) is 4.83. The molecule has 1 heterocycles. The highest BCUT2D eigenvalue weighted by Crippen LogP contribution is 2.19. The molecule has 0 unspecified atom stereocenters. The molecule has 0 saturated heterocycles. The van der Waals surface area contributed by atoms with Crippen molar-refractivity contribution in [2.75, 3.05) is 13.7 Å². The predicted molar refractivity (Wildman–Crippen MR) is 70.1 cm³/mol. The molecule has 0 saturated carbocycles. The molecule has 1 N–H and O–H groups in total. The van der Waals surface area contributed by atoms with Crippen LogP contribution in [0.15, 0.2) is 36.7 Å². The van der Waals surface area contributed by atoms with Gasteiger partial charge in [-0.25, -0.2) is 4.98 Å². The standard InChI is InChI=1S/C14H16N2O3/c1-18-7-6-11-2-4-13(5-3-11)19-14-9-15-8-12(10-17)16-14/h2-5,8-9,17H,6-7,10H2,1H3. The normalized spacial score (nSPS) is 10.4. The lowest BCUT2D eigenvalue weighted by atomic mass is 10.1. The zero-order valence-electron chi connectivity index (χ0n) is 10.7. The van der Waals surface area contributed by atoms with Crippen LogP contribution in [0.4, 0.5) is 0 Å². The van der Waals surface area contributed by atoms with Gasteiger partial charge in [-0.2, -0.15) is 0 Å². The molecule has 1 aromatic carbocycles. The Morgan fingerprint density at radius 2 is 1.95 bits per heavy atom. The number of aliphatic hydroxyl groups is 1. The lowest BCUT2D eigenvalue weighted by Crippen LogP contribution is -1.96. The molecule has 5 heteroatoms. The Labute approximate surface area is 111 Å². The molecule has 1 aromatic heterocycles. The number of ether oxygens (including phenoxy) is 2. The summed E-state index contributed by atoms with van der Waals surface area (Å²) in [5.74, 6) is 1.06. The molecule has 2 rings (SSSR count). The van der Waals surface area contributed by atoms with Crippen LogP contribution in [0.3, 0.4) is 0 Å². The van der Waals surface area contributed by atoms with Crippen molar-refractivity contribution in [1.29, 1.82) is 0 Å². The van der Waals surface area contributed by atoms with Gasteiger partial charge in [0.1, 0.15) is 5.75 Å². The van der Waals surface area contributed by atoms with Crippen molar-refractivity contribution >= 4 is 0 Å². The first kappa shape index (κ1) is 13.5. The number of benzene rings is 1. The Balaban J connectivity index is 2.02. The first-order chi connectivity index (χ1) is 9.31. The van der Waals surface area contributed by atoms with Crippen LogP contribution in [-0.4, -0.2) is 28.8 Å². The zero-order valence-corrected chi connectivity index (χ0v) is 10.7. The summed E-state index contributed by atoms with van der Waals surface area (Å²) >= 11 is 0. The molecule has 0 aliphatic rings. The van der Waals surface area contributed by atoms with Crippen molar-refractivity contribution in [1.82, 2.24) is 9.97 Å². The lowest BCUT2D eigenvalue weighted by Gasteiger charge is -2.06. The molecular weight excluding hydrogens is 244 g/mol. The number of rotatable bonds is 6. The summed E-state index contributed by atoms with van der Waals surface area (Å²) in [5.41, 5.74) is 1.67. The van der Waals surface area contributed by atoms with Gasteiger partial charge in [0.05, 0.1) is 31.3 Å². The molecule has 100 valence electrons. The maximum atomic E-state index is 8.98. The van der Waals surface area contributed by atoms with E-state index in [-0.39, 0.29) is 6.61 Å². The van der Waals surface area contributed by atoms with E-state index < -0.39 is 0 Å². The summed E-state index contributed by atoms with van der Waals surface area (Å²) in [6.07, 6.45) is 3.88. The molecule has 0 atom stereocenters. The van der Waals surface area contributed by atoms with Crippen molar-refractivity contribution < 1.29 is 14.6 Å². The third-order valence-electron chi connectivity index (χ3n) is 2.56. The predicted octanol–water partition coefficient (Wildman–Crippen LogP) is 1.95. The second kappa shape index (κ2) is 6.82. The monoisotopic (exact) mass is 260 g/mol. The fourth-order valence-corrected chi connectivity index (χ4v) is 1.58. The van der Waals surface area contributed by atoms with Gasteiger partial charge in [0.2, 0.25) is 5.88 Å². The van der Waals surface area contributed by atoms with E-state index in [1.165, 1.54) is 18.0 Å². The summed E-state index contributed by atoms with van der Waals surface area (Å²) in [4.78, 5) is 8.05. The molecular formula is C14H16N2O3. The first-order valence-electron chi connectivity index (χ1n) is 5.99.